The number of esters is 1. The fourth-order valence-electron chi connectivity index (χ4n) is 2.31. The number of rotatable bonds is 16. The Bertz CT molecular complexity index is 311. The van der Waals surface area contributed by atoms with Crippen molar-refractivity contribution in [2.45, 2.75) is 84.0 Å². The number of ether oxygens (including phenoxy) is 1. The Kier molecular flexibility index (Phi) is 18.1. The first-order valence-electron chi connectivity index (χ1n) is 9.41. The third kappa shape index (κ3) is 18.9. The van der Waals surface area contributed by atoms with Gasteiger partial charge in [0.25, 0.3) is 0 Å². The molecule has 0 aliphatic carbocycles. The molecule has 0 radical (unpaired) electrons. The zero-order valence-electron chi connectivity index (χ0n) is 15.3. The lowest BCUT2D eigenvalue weighted by Crippen LogP contribution is -2.16. The lowest BCUT2D eigenvalue weighted by Gasteiger charge is -2.03. The summed E-state index contributed by atoms with van der Waals surface area (Å²) in [5.74, 6) is -0.0926. The minimum absolute atomic E-state index is 0.0926. The maximum Gasteiger partial charge on any atom is 0.307 e. The molecule has 0 aliphatic heterocycles. The fourth-order valence-corrected chi connectivity index (χ4v) is 2.31. The molecule has 0 aromatic carbocycles. The Morgan fingerprint density at radius 1 is 0.870 bits per heavy atom. The molecule has 0 aromatic rings. The van der Waals surface area contributed by atoms with Crippen molar-refractivity contribution in [3.63, 3.8) is 0 Å². The summed E-state index contributed by atoms with van der Waals surface area (Å²) in [5.41, 5.74) is 0. The summed E-state index contributed by atoms with van der Waals surface area (Å²) < 4.78 is 4.95. The third-order valence-corrected chi connectivity index (χ3v) is 3.71. The summed E-state index contributed by atoms with van der Waals surface area (Å²) >= 11 is 0. The average Bonchev–Trinajstić information content (AvgIpc) is 2.56. The number of hydrogen-bond acceptors (Lipinski definition) is 3. The Morgan fingerprint density at radius 2 is 1.48 bits per heavy atom. The molecule has 0 amide bonds. The van der Waals surface area contributed by atoms with Gasteiger partial charge < -0.3 is 4.74 Å². The predicted molar refractivity (Wildman–Crippen MR) is 99.4 cm³/mol. The van der Waals surface area contributed by atoms with E-state index in [0.717, 1.165) is 19.3 Å². The first-order chi connectivity index (χ1) is 11.3. The smallest absolute Gasteiger partial charge is 0.307 e. The van der Waals surface area contributed by atoms with E-state index in [9.17, 15) is 4.79 Å². The van der Waals surface area contributed by atoms with Crippen LogP contribution in [0.15, 0.2) is 24.3 Å². The summed E-state index contributed by atoms with van der Waals surface area (Å²) in [6.45, 7) is 2.56. The molecular weight excluding hydrogens is 286 g/mol. The normalized spacial score (nSPS) is 11.6. The quantitative estimate of drug-likeness (QED) is 0.176. The molecule has 0 saturated carbocycles. The molecule has 0 aliphatic rings. The molecule has 1 N–H and O–H groups in total. The second-order valence-electron chi connectivity index (χ2n) is 5.99. The molecule has 0 heterocycles. The summed E-state index contributed by atoms with van der Waals surface area (Å²) in [4.78, 5) is 11.3. The van der Waals surface area contributed by atoms with Crippen LogP contribution in [-0.2, 0) is 9.53 Å². The van der Waals surface area contributed by atoms with Crippen LogP contribution in [0.5, 0.6) is 0 Å². The van der Waals surface area contributed by atoms with Crippen LogP contribution in [0.4, 0.5) is 0 Å². The lowest BCUT2D eigenvalue weighted by molar-refractivity contribution is -0.144. The first-order valence-corrected chi connectivity index (χ1v) is 9.41. The van der Waals surface area contributed by atoms with Gasteiger partial charge in [-0.1, -0.05) is 63.3 Å². The van der Waals surface area contributed by atoms with Gasteiger partial charge in [0, 0.05) is 6.42 Å². The molecule has 134 valence electrons. The topological polar surface area (TPSA) is 38.3 Å². The van der Waals surface area contributed by atoms with E-state index in [0.29, 0.717) is 13.2 Å². The number of hydrogen-bond donors (Lipinski definition) is 1. The second-order valence-corrected chi connectivity index (χ2v) is 5.99. The fraction of sp³-hybridized carbons (Fsp3) is 0.750. The Labute approximate surface area is 143 Å². The van der Waals surface area contributed by atoms with Crippen LogP contribution in [0, 0.1) is 0 Å². The van der Waals surface area contributed by atoms with E-state index < -0.39 is 0 Å². The van der Waals surface area contributed by atoms with Crippen molar-refractivity contribution in [1.82, 2.24) is 5.32 Å². The van der Waals surface area contributed by atoms with Crippen LogP contribution in [0.2, 0.25) is 0 Å². The van der Waals surface area contributed by atoms with Crippen molar-refractivity contribution < 1.29 is 9.53 Å². The highest BCUT2D eigenvalue weighted by Crippen LogP contribution is 2.08. The Balaban J connectivity index is 3.23. The van der Waals surface area contributed by atoms with E-state index in [4.69, 9.17) is 4.74 Å². The lowest BCUT2D eigenvalue weighted by atomic mass is 10.1. The Hall–Kier alpha value is -1.09. The van der Waals surface area contributed by atoms with Crippen molar-refractivity contribution in [2.75, 3.05) is 13.8 Å². The van der Waals surface area contributed by atoms with Crippen molar-refractivity contribution in [3.05, 3.63) is 24.3 Å². The number of carbonyl (C=O) groups is 1. The van der Waals surface area contributed by atoms with E-state index in [-0.39, 0.29) is 5.97 Å². The van der Waals surface area contributed by atoms with Gasteiger partial charge in [0.1, 0.15) is 6.73 Å². The molecule has 0 spiro atoms. The van der Waals surface area contributed by atoms with E-state index in [1.807, 2.05) is 0 Å². The molecule has 0 bridgehead atoms. The van der Waals surface area contributed by atoms with E-state index >= 15 is 0 Å². The van der Waals surface area contributed by atoms with Gasteiger partial charge >= 0.3 is 5.97 Å². The first kappa shape index (κ1) is 21.9. The van der Waals surface area contributed by atoms with Crippen LogP contribution < -0.4 is 5.32 Å². The third-order valence-electron chi connectivity index (χ3n) is 3.71. The molecular formula is C20H37NO2. The molecule has 0 atom stereocenters. The molecule has 0 fully saturated rings. The van der Waals surface area contributed by atoms with Gasteiger partial charge in [0.15, 0.2) is 0 Å². The van der Waals surface area contributed by atoms with Gasteiger partial charge in [-0.05, 0) is 45.6 Å². The van der Waals surface area contributed by atoms with E-state index in [2.05, 4.69) is 36.5 Å². The van der Waals surface area contributed by atoms with Crippen LogP contribution in [0.3, 0.4) is 0 Å². The molecule has 0 unspecified atom stereocenters. The minimum atomic E-state index is -0.0926. The van der Waals surface area contributed by atoms with Crippen molar-refractivity contribution in [2.24, 2.45) is 0 Å². The summed E-state index contributed by atoms with van der Waals surface area (Å²) in [6.07, 6.45) is 22.9. The molecule has 3 nitrogen and oxygen atoms in total. The standard InChI is InChI=1S/C20H37NO2/c1-3-4-5-6-7-8-9-10-11-12-13-14-15-16-17-18-20(22)23-19-21-2/h7-8,10-11,21H,3-6,9,12-19H2,1-2H3/b8-7-,11-10-. The average molecular weight is 324 g/mol. The van der Waals surface area contributed by atoms with Crippen molar-refractivity contribution >= 4 is 5.97 Å². The highest BCUT2D eigenvalue weighted by atomic mass is 16.5. The minimum Gasteiger partial charge on any atom is -0.450 e. The number of nitrogens with one attached hydrogen (secondary N) is 1. The monoisotopic (exact) mass is 323 g/mol. The SMILES string of the molecule is CCCCC/C=C\C/C=C\CCCCCCCC(=O)OCNC. The van der Waals surface area contributed by atoms with Gasteiger partial charge in [-0.15, -0.1) is 0 Å². The van der Waals surface area contributed by atoms with Gasteiger partial charge in [-0.2, -0.15) is 0 Å². The highest BCUT2D eigenvalue weighted by Gasteiger charge is 2.00. The molecule has 0 rings (SSSR count). The van der Waals surface area contributed by atoms with E-state index in [1.165, 1.54) is 51.4 Å². The summed E-state index contributed by atoms with van der Waals surface area (Å²) in [7, 11) is 1.77. The molecule has 23 heavy (non-hydrogen) atoms. The van der Waals surface area contributed by atoms with Gasteiger partial charge in [0.2, 0.25) is 0 Å². The zero-order valence-corrected chi connectivity index (χ0v) is 15.3. The van der Waals surface area contributed by atoms with Gasteiger partial charge in [-0.3, -0.25) is 10.1 Å². The molecule has 0 aromatic heterocycles. The number of allylic oxidation sites excluding steroid dienone is 4. The van der Waals surface area contributed by atoms with Gasteiger partial charge in [0.05, 0.1) is 0 Å². The van der Waals surface area contributed by atoms with Crippen LogP contribution in [0.25, 0.3) is 0 Å². The maximum absolute atomic E-state index is 11.3. The number of unbranched alkanes of at least 4 members (excludes halogenated alkanes) is 8. The number of carbonyl (C=O) groups excluding carboxylic acids is 1. The maximum atomic E-state index is 11.3. The zero-order chi connectivity index (χ0) is 17.0. The molecule has 3 heteroatoms. The Morgan fingerprint density at radius 3 is 2.13 bits per heavy atom. The summed E-state index contributed by atoms with van der Waals surface area (Å²) in [6, 6.07) is 0. The largest absolute Gasteiger partial charge is 0.450 e. The molecule has 0 saturated heterocycles. The van der Waals surface area contributed by atoms with Crippen LogP contribution in [-0.4, -0.2) is 19.7 Å². The second kappa shape index (κ2) is 19.0. The summed E-state index contributed by atoms with van der Waals surface area (Å²) in [5, 5.41) is 2.80. The van der Waals surface area contributed by atoms with E-state index in [1.54, 1.807) is 7.05 Å². The predicted octanol–water partition coefficient (Wildman–Crippen LogP) is 5.52. The highest BCUT2D eigenvalue weighted by molar-refractivity contribution is 5.69. The van der Waals surface area contributed by atoms with Crippen LogP contribution >= 0.6 is 0 Å². The van der Waals surface area contributed by atoms with Crippen molar-refractivity contribution in [1.29, 1.82) is 0 Å². The van der Waals surface area contributed by atoms with Crippen LogP contribution in [0.1, 0.15) is 84.0 Å². The van der Waals surface area contributed by atoms with Gasteiger partial charge in [-0.25, -0.2) is 0 Å². The van der Waals surface area contributed by atoms with Crippen molar-refractivity contribution in [3.8, 4) is 0 Å².